The Morgan fingerprint density at radius 2 is 1.94 bits per heavy atom. The van der Waals surface area contributed by atoms with E-state index in [2.05, 4.69) is 20.7 Å². The van der Waals surface area contributed by atoms with Crippen molar-refractivity contribution >= 4 is 46.3 Å². The summed E-state index contributed by atoms with van der Waals surface area (Å²) in [5.74, 6) is 0.212. The largest absolute Gasteiger partial charge is 0.416 e. The van der Waals surface area contributed by atoms with E-state index in [0.29, 0.717) is 74.0 Å². The topological polar surface area (TPSA) is 145 Å². The number of alkyl halides is 3. The number of anilines is 2. The second-order valence-corrected chi connectivity index (χ2v) is 12.7. The first-order valence-electron chi connectivity index (χ1n) is 16.0. The Hall–Kier alpha value is -4.80. The number of hydrogen-bond acceptors (Lipinski definition) is 9. The molecule has 1 atom stereocenters. The molecule has 7 rings (SSSR count). The summed E-state index contributed by atoms with van der Waals surface area (Å²) in [6, 6.07) is 6.01. The van der Waals surface area contributed by atoms with Gasteiger partial charge in [0.15, 0.2) is 5.82 Å². The highest BCUT2D eigenvalue weighted by Gasteiger charge is 2.50. The molecule has 3 aliphatic rings. The van der Waals surface area contributed by atoms with Crippen LogP contribution < -0.4 is 21.1 Å². The highest BCUT2D eigenvalue weighted by molar-refractivity contribution is 6.33. The van der Waals surface area contributed by atoms with Crippen LogP contribution in [-0.2, 0) is 32.6 Å². The molecule has 262 valence electrons. The third-order valence-corrected chi connectivity index (χ3v) is 9.59. The molecule has 6 heterocycles. The maximum absolute atomic E-state index is 14.4. The van der Waals surface area contributed by atoms with E-state index in [0.717, 1.165) is 23.8 Å². The number of hydrogen-bond donors (Lipinski definition) is 2. The molecule has 0 bridgehead atoms. The van der Waals surface area contributed by atoms with Crippen LogP contribution in [0, 0.1) is 0 Å². The van der Waals surface area contributed by atoms with E-state index in [4.69, 9.17) is 26.1 Å². The van der Waals surface area contributed by atoms with Gasteiger partial charge in [-0.25, -0.2) is 4.98 Å². The first kappa shape index (κ1) is 33.7. The molecule has 1 unspecified atom stereocenters. The minimum atomic E-state index is -4.60. The summed E-state index contributed by atoms with van der Waals surface area (Å²) in [6.07, 6.45) is -0.491. The fourth-order valence-corrected chi connectivity index (χ4v) is 7.09. The van der Waals surface area contributed by atoms with Crippen LogP contribution in [0.1, 0.15) is 65.3 Å². The minimum Gasteiger partial charge on any atom is -0.377 e. The third kappa shape index (κ3) is 6.00. The molecule has 3 aromatic heterocycles. The van der Waals surface area contributed by atoms with E-state index < -0.39 is 34.9 Å². The van der Waals surface area contributed by atoms with Crippen molar-refractivity contribution in [3.05, 3.63) is 86.2 Å². The zero-order valence-corrected chi connectivity index (χ0v) is 27.8. The molecule has 13 nitrogen and oxygen atoms in total. The number of amides is 2. The van der Waals surface area contributed by atoms with Crippen LogP contribution in [-0.4, -0.2) is 69.3 Å². The number of ether oxygens (including phenoxy) is 2. The van der Waals surface area contributed by atoms with Crippen molar-refractivity contribution < 1.29 is 32.2 Å². The first-order valence-corrected chi connectivity index (χ1v) is 16.3. The summed E-state index contributed by atoms with van der Waals surface area (Å²) in [6.45, 7) is 3.17. The number of carbonyl (C=O) groups is 2. The number of rotatable bonds is 6. The molecule has 1 aromatic carbocycles. The summed E-state index contributed by atoms with van der Waals surface area (Å²) >= 11 is 6.14. The highest BCUT2D eigenvalue weighted by Crippen LogP contribution is 2.48. The van der Waals surface area contributed by atoms with E-state index in [1.165, 1.54) is 4.52 Å². The van der Waals surface area contributed by atoms with Crippen LogP contribution in [0.3, 0.4) is 0 Å². The zero-order valence-electron chi connectivity index (χ0n) is 27.0. The van der Waals surface area contributed by atoms with Gasteiger partial charge in [-0.15, -0.1) is 5.10 Å². The molecule has 4 aromatic rings. The quantitative estimate of drug-likeness (QED) is 0.298. The van der Waals surface area contributed by atoms with Gasteiger partial charge in [0.1, 0.15) is 18.0 Å². The molecule has 1 fully saturated rings. The van der Waals surface area contributed by atoms with Crippen LogP contribution in [0.15, 0.2) is 47.4 Å². The Bertz CT molecular complexity index is 2110. The lowest BCUT2D eigenvalue weighted by Crippen LogP contribution is -2.46. The molecule has 1 saturated heterocycles. The predicted molar refractivity (Wildman–Crippen MR) is 176 cm³/mol. The van der Waals surface area contributed by atoms with E-state index >= 15 is 0 Å². The third-order valence-electron chi connectivity index (χ3n) is 9.28. The standard InChI is InChI=1S/C33H32ClF3N8O5/c1-18-27-26(32(50-18)8-11-43(12-9-32)24-15-20(5-10-39-24)29(47)38-2)30(48)45-31(41-28(42-45)19-6-13-49-14-7-19)44(27)17-25(46)40-23-4-3-21(16-22(23)34)33(35,36)37/h3-6,10,15-16,18H,7-9,11-14,17H2,1-2H3,(H,38,47)(H,40,46). The lowest BCUT2D eigenvalue weighted by Gasteiger charge is -2.39. The average molecular weight is 713 g/mol. The summed E-state index contributed by atoms with van der Waals surface area (Å²) in [5, 5.41) is 9.52. The number of piperidine rings is 1. The molecule has 0 aliphatic carbocycles. The minimum absolute atomic E-state index is 0.00451. The number of nitrogens with zero attached hydrogens (tertiary/aromatic N) is 6. The monoisotopic (exact) mass is 712 g/mol. The van der Waals surface area contributed by atoms with Gasteiger partial charge in [-0.2, -0.15) is 22.7 Å². The maximum atomic E-state index is 14.4. The number of aromatic nitrogens is 5. The summed E-state index contributed by atoms with van der Waals surface area (Å²) in [4.78, 5) is 51.3. The van der Waals surface area contributed by atoms with E-state index in [-0.39, 0.29) is 28.9 Å². The molecule has 1 spiro atoms. The van der Waals surface area contributed by atoms with Crippen LogP contribution >= 0.6 is 11.6 Å². The van der Waals surface area contributed by atoms with Crippen molar-refractivity contribution in [2.24, 2.45) is 0 Å². The van der Waals surface area contributed by atoms with Gasteiger partial charge in [-0.3, -0.25) is 14.4 Å². The van der Waals surface area contributed by atoms with Gasteiger partial charge in [-0.05, 0) is 62.1 Å². The van der Waals surface area contributed by atoms with E-state index in [9.17, 15) is 27.6 Å². The zero-order chi connectivity index (χ0) is 35.4. The molecular weight excluding hydrogens is 681 g/mol. The van der Waals surface area contributed by atoms with Crippen LogP contribution in [0.2, 0.25) is 5.02 Å². The van der Waals surface area contributed by atoms with Crippen molar-refractivity contribution in [1.29, 1.82) is 0 Å². The SMILES string of the molecule is CNC(=O)c1ccnc(N2CCC3(CC2)OC(C)c2c3c(=O)n3nc(C4=CCOCC4)nc3n2CC(=O)Nc2ccc(C(F)(F)F)cc2Cl)c1. The Morgan fingerprint density at radius 3 is 2.62 bits per heavy atom. The fourth-order valence-electron chi connectivity index (χ4n) is 6.87. The average Bonchev–Trinajstić information content (AvgIpc) is 3.67. The Morgan fingerprint density at radius 1 is 1.16 bits per heavy atom. The van der Waals surface area contributed by atoms with Crippen molar-refractivity contribution in [3.63, 3.8) is 0 Å². The molecule has 0 radical (unpaired) electrons. The van der Waals surface area contributed by atoms with Gasteiger partial charge in [0.05, 0.1) is 46.8 Å². The lowest BCUT2D eigenvalue weighted by molar-refractivity contribution is -0.137. The second kappa shape index (κ2) is 12.8. The van der Waals surface area contributed by atoms with Crippen LogP contribution in [0.5, 0.6) is 0 Å². The molecule has 2 N–H and O–H groups in total. The van der Waals surface area contributed by atoms with Crippen LogP contribution in [0.4, 0.5) is 24.7 Å². The highest BCUT2D eigenvalue weighted by atomic mass is 35.5. The Kier molecular flexibility index (Phi) is 8.64. The number of pyridine rings is 1. The van der Waals surface area contributed by atoms with Crippen molar-refractivity contribution in [3.8, 4) is 0 Å². The number of nitrogens with one attached hydrogen (secondary N) is 2. The normalized spacial score (nSPS) is 18.6. The smallest absolute Gasteiger partial charge is 0.377 e. The second-order valence-electron chi connectivity index (χ2n) is 12.3. The predicted octanol–water partition coefficient (Wildman–Crippen LogP) is 4.35. The molecule has 3 aliphatic heterocycles. The number of carbonyl (C=O) groups excluding carboxylic acids is 2. The van der Waals surface area contributed by atoms with Gasteiger partial charge in [-0.1, -0.05) is 17.7 Å². The van der Waals surface area contributed by atoms with Crippen molar-refractivity contribution in [1.82, 2.24) is 29.5 Å². The summed E-state index contributed by atoms with van der Waals surface area (Å²) in [5.41, 5.74) is -0.296. The molecule has 17 heteroatoms. The van der Waals surface area contributed by atoms with Crippen molar-refractivity contribution in [2.45, 2.75) is 50.6 Å². The van der Waals surface area contributed by atoms with Gasteiger partial charge in [0.2, 0.25) is 11.7 Å². The molecular formula is C33H32ClF3N8O5. The first-order chi connectivity index (χ1) is 23.9. The summed E-state index contributed by atoms with van der Waals surface area (Å²) in [7, 11) is 1.55. The number of fused-ring (bicyclic) bond motifs is 3. The van der Waals surface area contributed by atoms with Gasteiger partial charge in [0, 0.05) is 31.9 Å². The molecule has 2 amide bonds. The van der Waals surface area contributed by atoms with E-state index in [1.807, 2.05) is 11.0 Å². The fraction of sp³-hybridized carbons (Fsp3) is 0.394. The maximum Gasteiger partial charge on any atom is 0.416 e. The summed E-state index contributed by atoms with van der Waals surface area (Å²) < 4.78 is 54.5. The van der Waals surface area contributed by atoms with Gasteiger partial charge < -0.3 is 29.6 Å². The van der Waals surface area contributed by atoms with Gasteiger partial charge >= 0.3 is 6.18 Å². The molecule has 50 heavy (non-hydrogen) atoms. The van der Waals surface area contributed by atoms with Crippen LogP contribution in [0.25, 0.3) is 11.4 Å². The van der Waals surface area contributed by atoms with Crippen molar-refractivity contribution in [2.75, 3.05) is 43.6 Å². The Labute approximate surface area is 288 Å². The lowest BCUT2D eigenvalue weighted by atomic mass is 9.85. The van der Waals surface area contributed by atoms with Gasteiger partial charge in [0.25, 0.3) is 11.5 Å². The Balaban J connectivity index is 1.26. The molecule has 0 saturated carbocycles. The number of benzene rings is 1. The van der Waals surface area contributed by atoms with E-state index in [1.54, 1.807) is 36.9 Å². The number of halogens is 4.